The van der Waals surface area contributed by atoms with Gasteiger partial charge in [0, 0.05) is 11.0 Å². The molecule has 0 spiro atoms. The highest BCUT2D eigenvalue weighted by molar-refractivity contribution is 9.10. The van der Waals surface area contributed by atoms with E-state index < -0.39 is 30.2 Å². The number of carboxylic acids is 2. The molecule has 1 rings (SSSR count). The fourth-order valence-corrected chi connectivity index (χ4v) is 1.88. The van der Waals surface area contributed by atoms with Gasteiger partial charge in [-0.1, -0.05) is 12.1 Å². The van der Waals surface area contributed by atoms with Crippen LogP contribution in [0.25, 0.3) is 0 Å². The summed E-state index contributed by atoms with van der Waals surface area (Å²) in [6, 6.07) is 6.67. The lowest BCUT2D eigenvalue weighted by atomic mass is 10.1. The smallest absolute Gasteiger partial charge is 0.308 e. The van der Waals surface area contributed by atoms with E-state index >= 15 is 0 Å². The Morgan fingerprint density at radius 1 is 1.21 bits per heavy atom. The van der Waals surface area contributed by atoms with Crippen LogP contribution in [0.5, 0.6) is 0 Å². The number of carbonyl (C=O) groups is 3. The van der Waals surface area contributed by atoms with Crippen LogP contribution in [-0.4, -0.2) is 34.6 Å². The Kier molecular flexibility index (Phi) is 5.50. The normalized spacial score (nSPS) is 11.6. The summed E-state index contributed by atoms with van der Waals surface area (Å²) >= 11 is 3.20. The number of benzene rings is 1. The number of nitrogens with one attached hydrogen (secondary N) is 1. The first kappa shape index (κ1) is 15.2. The van der Waals surface area contributed by atoms with Crippen LogP contribution in [-0.2, 0) is 9.59 Å². The maximum atomic E-state index is 11.8. The highest BCUT2D eigenvalue weighted by Crippen LogP contribution is 2.15. The van der Waals surface area contributed by atoms with Gasteiger partial charge in [-0.2, -0.15) is 0 Å². The molecule has 0 saturated heterocycles. The van der Waals surface area contributed by atoms with E-state index in [-0.39, 0.29) is 6.54 Å². The molecule has 1 atom stereocenters. The Bertz CT molecular complexity index is 503. The minimum absolute atomic E-state index is 0.234. The van der Waals surface area contributed by atoms with Crippen molar-refractivity contribution >= 4 is 33.8 Å². The van der Waals surface area contributed by atoms with Gasteiger partial charge in [-0.15, -0.1) is 0 Å². The molecule has 0 aromatic heterocycles. The van der Waals surface area contributed by atoms with Gasteiger partial charge >= 0.3 is 11.9 Å². The number of rotatable bonds is 6. The molecule has 0 bridgehead atoms. The molecule has 1 aromatic carbocycles. The van der Waals surface area contributed by atoms with Gasteiger partial charge in [0.05, 0.1) is 17.9 Å². The lowest BCUT2D eigenvalue weighted by Gasteiger charge is -2.11. The highest BCUT2D eigenvalue weighted by atomic mass is 79.9. The fourth-order valence-electron chi connectivity index (χ4n) is 1.41. The van der Waals surface area contributed by atoms with Crippen molar-refractivity contribution in [2.24, 2.45) is 5.92 Å². The molecule has 0 heterocycles. The van der Waals surface area contributed by atoms with Crippen LogP contribution in [0.4, 0.5) is 0 Å². The first-order valence-corrected chi connectivity index (χ1v) is 6.18. The first-order valence-electron chi connectivity index (χ1n) is 5.39. The molecule has 3 N–H and O–H groups in total. The Morgan fingerprint density at radius 3 is 2.37 bits per heavy atom. The van der Waals surface area contributed by atoms with E-state index in [1.54, 1.807) is 24.3 Å². The number of amides is 1. The van der Waals surface area contributed by atoms with E-state index in [1.165, 1.54) is 0 Å². The molecule has 0 fully saturated rings. The Balaban J connectivity index is 2.65. The van der Waals surface area contributed by atoms with Crippen molar-refractivity contribution < 1.29 is 24.6 Å². The second-order valence-electron chi connectivity index (χ2n) is 3.82. The zero-order valence-electron chi connectivity index (χ0n) is 9.80. The molecule has 19 heavy (non-hydrogen) atoms. The van der Waals surface area contributed by atoms with Gasteiger partial charge in [0.2, 0.25) is 0 Å². The molecule has 1 amide bonds. The van der Waals surface area contributed by atoms with Gasteiger partial charge in [-0.25, -0.2) is 0 Å². The summed E-state index contributed by atoms with van der Waals surface area (Å²) in [4.78, 5) is 33.1. The van der Waals surface area contributed by atoms with Gasteiger partial charge < -0.3 is 15.5 Å². The van der Waals surface area contributed by atoms with E-state index in [0.29, 0.717) is 10.0 Å². The number of hydrogen-bond acceptors (Lipinski definition) is 3. The molecule has 0 saturated carbocycles. The standard InChI is InChI=1S/C12H12BrNO5/c13-9-4-2-1-3-8(9)11(17)14-6-7(12(18)19)5-10(15)16/h1-4,7H,5-6H2,(H,14,17)(H,15,16)(H,18,19). The number of carbonyl (C=O) groups excluding carboxylic acids is 1. The highest BCUT2D eigenvalue weighted by Gasteiger charge is 2.22. The van der Waals surface area contributed by atoms with Crippen molar-refractivity contribution in [3.63, 3.8) is 0 Å². The maximum absolute atomic E-state index is 11.8. The van der Waals surface area contributed by atoms with Crippen molar-refractivity contribution in [2.75, 3.05) is 6.54 Å². The van der Waals surface area contributed by atoms with Crippen molar-refractivity contribution in [2.45, 2.75) is 6.42 Å². The summed E-state index contributed by atoms with van der Waals surface area (Å²) in [7, 11) is 0. The summed E-state index contributed by atoms with van der Waals surface area (Å²) in [6.45, 7) is -0.234. The minimum atomic E-state index is -1.25. The summed E-state index contributed by atoms with van der Waals surface area (Å²) in [5, 5.41) is 19.8. The Labute approximate surface area is 117 Å². The zero-order chi connectivity index (χ0) is 14.4. The quantitative estimate of drug-likeness (QED) is 0.730. The number of hydrogen-bond donors (Lipinski definition) is 3. The number of carboxylic acid groups (broad SMARTS) is 2. The van der Waals surface area contributed by atoms with Gasteiger partial charge in [0.1, 0.15) is 0 Å². The Hall–Kier alpha value is -1.89. The molecule has 6 nitrogen and oxygen atoms in total. The molecule has 0 aliphatic carbocycles. The third kappa shape index (κ3) is 4.70. The van der Waals surface area contributed by atoms with E-state index in [1.807, 2.05) is 0 Å². The van der Waals surface area contributed by atoms with E-state index in [0.717, 1.165) is 0 Å². The summed E-state index contributed by atoms with van der Waals surface area (Å²) in [5.41, 5.74) is 0.363. The minimum Gasteiger partial charge on any atom is -0.481 e. The predicted molar refractivity (Wildman–Crippen MR) is 69.9 cm³/mol. The van der Waals surface area contributed by atoms with Crippen LogP contribution >= 0.6 is 15.9 Å². The molecule has 7 heteroatoms. The van der Waals surface area contributed by atoms with Gasteiger partial charge in [0.25, 0.3) is 5.91 Å². The van der Waals surface area contributed by atoms with Crippen molar-refractivity contribution in [1.29, 1.82) is 0 Å². The lowest BCUT2D eigenvalue weighted by molar-refractivity contribution is -0.148. The Morgan fingerprint density at radius 2 is 1.84 bits per heavy atom. The fraction of sp³-hybridized carbons (Fsp3) is 0.250. The van der Waals surface area contributed by atoms with Crippen molar-refractivity contribution in [3.8, 4) is 0 Å². The molecule has 0 aliphatic rings. The second kappa shape index (κ2) is 6.89. The summed E-state index contributed by atoms with van der Waals surface area (Å²) in [6.07, 6.45) is -0.536. The molecule has 1 aromatic rings. The van der Waals surface area contributed by atoms with Crippen LogP contribution in [0, 0.1) is 5.92 Å². The molecular weight excluding hydrogens is 318 g/mol. The van der Waals surface area contributed by atoms with Gasteiger partial charge in [-0.05, 0) is 28.1 Å². The zero-order valence-corrected chi connectivity index (χ0v) is 11.4. The largest absolute Gasteiger partial charge is 0.481 e. The van der Waals surface area contributed by atoms with Crippen LogP contribution in [0.2, 0.25) is 0 Å². The van der Waals surface area contributed by atoms with E-state index in [9.17, 15) is 14.4 Å². The van der Waals surface area contributed by atoms with Crippen LogP contribution in [0.15, 0.2) is 28.7 Å². The van der Waals surface area contributed by atoms with Crippen LogP contribution in [0.1, 0.15) is 16.8 Å². The van der Waals surface area contributed by atoms with Gasteiger partial charge in [-0.3, -0.25) is 14.4 Å². The van der Waals surface area contributed by atoms with Crippen molar-refractivity contribution in [3.05, 3.63) is 34.3 Å². The molecule has 0 radical (unpaired) electrons. The molecule has 0 aliphatic heterocycles. The van der Waals surface area contributed by atoms with E-state index in [4.69, 9.17) is 10.2 Å². The SMILES string of the molecule is O=C(O)CC(CNC(=O)c1ccccc1Br)C(=O)O. The molecule has 102 valence electrons. The third-order valence-electron chi connectivity index (χ3n) is 2.40. The monoisotopic (exact) mass is 329 g/mol. The summed E-state index contributed by atoms with van der Waals surface area (Å²) < 4.78 is 0.581. The summed E-state index contributed by atoms with van der Waals surface area (Å²) in [5.74, 6) is -4.08. The number of aliphatic carboxylic acids is 2. The third-order valence-corrected chi connectivity index (χ3v) is 3.09. The maximum Gasteiger partial charge on any atom is 0.308 e. The van der Waals surface area contributed by atoms with Crippen molar-refractivity contribution in [1.82, 2.24) is 5.32 Å². The van der Waals surface area contributed by atoms with Crippen LogP contribution in [0.3, 0.4) is 0 Å². The topological polar surface area (TPSA) is 104 Å². The lowest BCUT2D eigenvalue weighted by Crippen LogP contribution is -2.34. The average molecular weight is 330 g/mol. The first-order chi connectivity index (χ1) is 8.91. The number of halogens is 1. The van der Waals surface area contributed by atoms with E-state index in [2.05, 4.69) is 21.2 Å². The van der Waals surface area contributed by atoms with Crippen LogP contribution < -0.4 is 5.32 Å². The second-order valence-corrected chi connectivity index (χ2v) is 4.68. The molecule has 1 unspecified atom stereocenters. The molecular formula is C12H12BrNO5. The average Bonchev–Trinajstić information content (AvgIpc) is 2.34. The van der Waals surface area contributed by atoms with Gasteiger partial charge in [0.15, 0.2) is 0 Å². The predicted octanol–water partition coefficient (Wildman–Crippen LogP) is 1.35.